The van der Waals surface area contributed by atoms with Gasteiger partial charge in [-0.15, -0.1) is 11.3 Å². The van der Waals surface area contributed by atoms with Crippen LogP contribution in [0.1, 0.15) is 30.4 Å². The van der Waals surface area contributed by atoms with Crippen LogP contribution in [-0.4, -0.2) is 28.3 Å². The van der Waals surface area contributed by atoms with Crippen LogP contribution in [0.15, 0.2) is 4.52 Å². The quantitative estimate of drug-likeness (QED) is 0.902. The van der Waals surface area contributed by atoms with Crippen molar-refractivity contribution >= 4 is 11.3 Å². The summed E-state index contributed by atoms with van der Waals surface area (Å²) in [4.78, 5) is 9.60. The average Bonchev–Trinajstić information content (AvgIpc) is 2.93. The SMILES string of the molecule is CCOCC(C)(N)c1noc(-c2sc(C)nc2C)n1. The molecular weight excluding hydrogens is 264 g/mol. The lowest BCUT2D eigenvalue weighted by atomic mass is 10.1. The topological polar surface area (TPSA) is 87.1 Å². The smallest absolute Gasteiger partial charge is 0.269 e. The first-order valence-electron chi connectivity index (χ1n) is 6.09. The van der Waals surface area contributed by atoms with E-state index < -0.39 is 5.54 Å². The average molecular weight is 282 g/mol. The number of thiazole rings is 1. The van der Waals surface area contributed by atoms with Crippen molar-refractivity contribution in [2.75, 3.05) is 13.2 Å². The predicted octanol–water partition coefficient (Wildman–Crippen LogP) is 2.02. The number of nitrogens with two attached hydrogens (primary N) is 1. The Morgan fingerprint density at radius 3 is 2.68 bits per heavy atom. The van der Waals surface area contributed by atoms with Gasteiger partial charge in [-0.3, -0.25) is 0 Å². The normalized spacial score (nSPS) is 14.6. The summed E-state index contributed by atoms with van der Waals surface area (Å²) in [6.07, 6.45) is 0. The Morgan fingerprint density at radius 1 is 1.37 bits per heavy atom. The fourth-order valence-electron chi connectivity index (χ4n) is 1.66. The zero-order valence-corrected chi connectivity index (χ0v) is 12.4. The number of rotatable bonds is 5. The van der Waals surface area contributed by atoms with E-state index in [9.17, 15) is 0 Å². The molecule has 0 aromatic carbocycles. The molecule has 1 unspecified atom stereocenters. The second-order valence-corrected chi connectivity index (χ2v) is 5.83. The Bertz CT molecular complexity index is 562. The summed E-state index contributed by atoms with van der Waals surface area (Å²) < 4.78 is 10.6. The maximum Gasteiger partial charge on any atom is 0.269 e. The van der Waals surface area contributed by atoms with Crippen LogP contribution in [0.3, 0.4) is 0 Å². The monoisotopic (exact) mass is 282 g/mol. The highest BCUT2D eigenvalue weighted by atomic mass is 32.1. The van der Waals surface area contributed by atoms with Crippen molar-refractivity contribution in [1.29, 1.82) is 0 Å². The van der Waals surface area contributed by atoms with E-state index in [1.807, 2.05) is 27.7 Å². The summed E-state index contributed by atoms with van der Waals surface area (Å²) in [6, 6.07) is 0. The lowest BCUT2D eigenvalue weighted by Gasteiger charge is -2.19. The predicted molar refractivity (Wildman–Crippen MR) is 72.9 cm³/mol. The molecular formula is C12H18N4O2S. The maximum atomic E-state index is 6.14. The van der Waals surface area contributed by atoms with Gasteiger partial charge in [0.1, 0.15) is 10.4 Å². The zero-order chi connectivity index (χ0) is 14.0. The number of aryl methyl sites for hydroxylation is 2. The van der Waals surface area contributed by atoms with E-state index >= 15 is 0 Å². The molecule has 0 aliphatic rings. The van der Waals surface area contributed by atoms with Crippen molar-refractivity contribution in [3.8, 4) is 10.8 Å². The van der Waals surface area contributed by atoms with Crippen LogP contribution in [0.25, 0.3) is 10.8 Å². The van der Waals surface area contributed by atoms with Crippen LogP contribution in [0.2, 0.25) is 0 Å². The summed E-state index contributed by atoms with van der Waals surface area (Å²) in [6.45, 7) is 8.56. The molecule has 2 aromatic heterocycles. The van der Waals surface area contributed by atoms with Gasteiger partial charge >= 0.3 is 0 Å². The van der Waals surface area contributed by atoms with E-state index in [2.05, 4.69) is 15.1 Å². The van der Waals surface area contributed by atoms with E-state index in [-0.39, 0.29) is 0 Å². The van der Waals surface area contributed by atoms with E-state index in [1.165, 1.54) is 11.3 Å². The van der Waals surface area contributed by atoms with Crippen LogP contribution >= 0.6 is 11.3 Å². The summed E-state index contributed by atoms with van der Waals surface area (Å²) in [7, 11) is 0. The molecule has 2 aromatic rings. The molecule has 0 radical (unpaired) electrons. The van der Waals surface area contributed by atoms with Crippen molar-refractivity contribution < 1.29 is 9.26 Å². The highest BCUT2D eigenvalue weighted by Crippen LogP contribution is 2.29. The molecule has 0 amide bonds. The molecule has 7 heteroatoms. The molecule has 0 saturated heterocycles. The molecule has 1 atom stereocenters. The second kappa shape index (κ2) is 5.36. The molecule has 2 N–H and O–H groups in total. The van der Waals surface area contributed by atoms with E-state index in [1.54, 1.807) is 0 Å². The molecule has 6 nitrogen and oxygen atoms in total. The third kappa shape index (κ3) is 2.99. The van der Waals surface area contributed by atoms with Gasteiger partial charge in [-0.1, -0.05) is 5.16 Å². The van der Waals surface area contributed by atoms with E-state index in [4.69, 9.17) is 15.0 Å². The zero-order valence-electron chi connectivity index (χ0n) is 11.6. The molecule has 2 heterocycles. The van der Waals surface area contributed by atoms with Crippen molar-refractivity contribution in [3.05, 3.63) is 16.5 Å². The van der Waals surface area contributed by atoms with Gasteiger partial charge in [-0.25, -0.2) is 4.98 Å². The number of aromatic nitrogens is 3. The largest absolute Gasteiger partial charge is 0.379 e. The third-order valence-corrected chi connectivity index (χ3v) is 3.70. The summed E-state index contributed by atoms with van der Waals surface area (Å²) in [5.41, 5.74) is 6.27. The Morgan fingerprint density at radius 2 is 2.11 bits per heavy atom. The number of nitrogens with zero attached hydrogens (tertiary/aromatic N) is 3. The fraction of sp³-hybridized carbons (Fsp3) is 0.583. The highest BCUT2D eigenvalue weighted by molar-refractivity contribution is 7.15. The molecule has 104 valence electrons. The van der Waals surface area contributed by atoms with Gasteiger partial charge in [-0.05, 0) is 27.7 Å². The molecule has 0 aliphatic carbocycles. The minimum atomic E-state index is -0.759. The maximum absolute atomic E-state index is 6.14. The van der Waals surface area contributed by atoms with Crippen LogP contribution < -0.4 is 5.73 Å². The van der Waals surface area contributed by atoms with Crippen molar-refractivity contribution in [2.45, 2.75) is 33.2 Å². The highest BCUT2D eigenvalue weighted by Gasteiger charge is 2.28. The van der Waals surface area contributed by atoms with Crippen LogP contribution in [0.5, 0.6) is 0 Å². The summed E-state index contributed by atoms with van der Waals surface area (Å²) >= 11 is 1.53. The molecule has 0 spiro atoms. The first-order chi connectivity index (χ1) is 8.94. The van der Waals surface area contributed by atoms with Gasteiger partial charge in [0.15, 0.2) is 5.82 Å². The minimum absolute atomic E-state index is 0.350. The first kappa shape index (κ1) is 14.1. The molecule has 0 saturated carbocycles. The van der Waals surface area contributed by atoms with Gasteiger partial charge in [-0.2, -0.15) is 4.98 Å². The molecule has 2 rings (SSSR count). The molecule has 0 bridgehead atoms. The molecule has 0 aliphatic heterocycles. The second-order valence-electron chi connectivity index (χ2n) is 4.63. The van der Waals surface area contributed by atoms with Gasteiger partial charge < -0.3 is 15.0 Å². The first-order valence-corrected chi connectivity index (χ1v) is 6.91. The molecule has 0 fully saturated rings. The number of hydrogen-bond donors (Lipinski definition) is 1. The lowest BCUT2D eigenvalue weighted by Crippen LogP contribution is -2.39. The van der Waals surface area contributed by atoms with Crippen molar-refractivity contribution in [3.63, 3.8) is 0 Å². The fourth-order valence-corrected chi connectivity index (χ4v) is 2.50. The third-order valence-electron chi connectivity index (χ3n) is 2.64. The van der Waals surface area contributed by atoms with E-state index in [0.717, 1.165) is 15.6 Å². The minimum Gasteiger partial charge on any atom is -0.379 e. The van der Waals surface area contributed by atoms with Gasteiger partial charge in [0, 0.05) is 6.61 Å². The Labute approximate surface area is 116 Å². The standard InChI is InChI=1S/C12H18N4O2S/c1-5-17-6-12(4,13)11-15-10(18-16-11)9-7(2)14-8(3)19-9/h5-6,13H2,1-4H3. The summed E-state index contributed by atoms with van der Waals surface area (Å²) in [5.74, 6) is 0.910. The van der Waals surface area contributed by atoms with E-state index in [0.29, 0.717) is 24.9 Å². The Hall–Kier alpha value is -1.31. The van der Waals surface area contributed by atoms with Crippen LogP contribution in [0, 0.1) is 13.8 Å². The molecule has 19 heavy (non-hydrogen) atoms. The van der Waals surface area contributed by atoms with Gasteiger partial charge in [0.2, 0.25) is 0 Å². The van der Waals surface area contributed by atoms with Crippen LogP contribution in [-0.2, 0) is 10.3 Å². The summed E-state index contributed by atoms with van der Waals surface area (Å²) in [5, 5.41) is 4.92. The lowest BCUT2D eigenvalue weighted by molar-refractivity contribution is 0.0962. The van der Waals surface area contributed by atoms with Gasteiger partial charge in [0.25, 0.3) is 5.89 Å². The number of hydrogen-bond acceptors (Lipinski definition) is 7. The van der Waals surface area contributed by atoms with Crippen molar-refractivity contribution in [1.82, 2.24) is 15.1 Å². The van der Waals surface area contributed by atoms with Crippen LogP contribution in [0.4, 0.5) is 0 Å². The Balaban J connectivity index is 2.26. The number of ether oxygens (including phenoxy) is 1. The van der Waals surface area contributed by atoms with Gasteiger partial charge in [0.05, 0.1) is 17.3 Å². The van der Waals surface area contributed by atoms with Crippen molar-refractivity contribution in [2.24, 2.45) is 5.73 Å². The Kier molecular flexibility index (Phi) is 3.98.